The number of amides is 2. The Balaban J connectivity index is 1.76. The van der Waals surface area contributed by atoms with Crippen molar-refractivity contribution in [3.05, 3.63) is 35.6 Å². The lowest BCUT2D eigenvalue weighted by molar-refractivity contribution is -0.126. The van der Waals surface area contributed by atoms with E-state index in [2.05, 4.69) is 15.8 Å². The lowest BCUT2D eigenvalue weighted by atomic mass is 10.1. The number of nitrogens with zero attached hydrogens (tertiary/aromatic N) is 1. The van der Waals surface area contributed by atoms with Crippen LogP contribution in [0.3, 0.4) is 0 Å². The minimum Gasteiger partial charge on any atom is -0.493 e. The van der Waals surface area contributed by atoms with Crippen molar-refractivity contribution < 1.29 is 23.6 Å². The minimum absolute atomic E-state index is 0.186. The molecule has 2 aromatic rings. The molecular weight excluding hydrogens is 350 g/mol. The van der Waals surface area contributed by atoms with Crippen LogP contribution < -0.4 is 20.1 Å². The number of aryl methyl sites for hydroxylation is 2. The lowest BCUT2D eigenvalue weighted by Gasteiger charge is -2.13. The molecule has 8 heteroatoms. The first kappa shape index (κ1) is 20.3. The van der Waals surface area contributed by atoms with E-state index in [9.17, 15) is 9.59 Å². The van der Waals surface area contributed by atoms with Crippen LogP contribution in [-0.2, 0) is 16.0 Å². The Morgan fingerprint density at radius 3 is 2.56 bits per heavy atom. The van der Waals surface area contributed by atoms with Gasteiger partial charge in [0.15, 0.2) is 17.3 Å². The number of nitrogens with one attached hydrogen (secondary N) is 2. The second kappa shape index (κ2) is 9.61. The fourth-order valence-electron chi connectivity index (χ4n) is 2.53. The van der Waals surface area contributed by atoms with E-state index in [1.54, 1.807) is 34.1 Å². The molecule has 2 rings (SSSR count). The van der Waals surface area contributed by atoms with E-state index in [1.807, 2.05) is 18.2 Å². The zero-order valence-corrected chi connectivity index (χ0v) is 16.0. The van der Waals surface area contributed by atoms with E-state index in [0.29, 0.717) is 42.3 Å². The normalized spacial score (nSPS) is 11.6. The third-order valence-electron chi connectivity index (χ3n) is 3.97. The van der Waals surface area contributed by atoms with Gasteiger partial charge in [-0.2, -0.15) is 0 Å². The van der Waals surface area contributed by atoms with Gasteiger partial charge in [0.05, 0.1) is 14.2 Å². The number of carbonyl (C=O) groups is 2. The number of hydrogen-bond acceptors (Lipinski definition) is 6. The van der Waals surface area contributed by atoms with Gasteiger partial charge in [-0.25, -0.2) is 0 Å². The molecule has 1 atom stereocenters. The second-order valence-corrected chi connectivity index (χ2v) is 6.14. The van der Waals surface area contributed by atoms with Crippen LogP contribution in [0.25, 0.3) is 0 Å². The Bertz CT molecular complexity index is 787. The standard InChI is InChI=1S/C19H25N3O5/c1-12-10-17(22-27-12)21-19(24)13(2)20-18(23)7-5-6-14-8-9-15(25-3)16(11-14)26-4/h8-11,13H,5-7H2,1-4H3,(H,20,23)(H,21,22,24). The molecule has 0 fully saturated rings. The highest BCUT2D eigenvalue weighted by Gasteiger charge is 2.17. The predicted molar refractivity (Wildman–Crippen MR) is 100.0 cm³/mol. The summed E-state index contributed by atoms with van der Waals surface area (Å²) in [5.41, 5.74) is 1.05. The van der Waals surface area contributed by atoms with Crippen molar-refractivity contribution in [2.24, 2.45) is 0 Å². The van der Waals surface area contributed by atoms with E-state index in [4.69, 9.17) is 14.0 Å². The van der Waals surface area contributed by atoms with Gasteiger partial charge in [0, 0.05) is 12.5 Å². The second-order valence-electron chi connectivity index (χ2n) is 6.14. The van der Waals surface area contributed by atoms with Crippen molar-refractivity contribution >= 4 is 17.6 Å². The van der Waals surface area contributed by atoms with Crippen LogP contribution >= 0.6 is 0 Å². The van der Waals surface area contributed by atoms with Crippen molar-refractivity contribution in [1.29, 1.82) is 0 Å². The Labute approximate surface area is 158 Å². The van der Waals surface area contributed by atoms with Crippen molar-refractivity contribution in [1.82, 2.24) is 10.5 Å². The summed E-state index contributed by atoms with van der Waals surface area (Å²) >= 11 is 0. The third kappa shape index (κ3) is 6.02. The van der Waals surface area contributed by atoms with Gasteiger partial charge in [0.1, 0.15) is 11.8 Å². The molecular formula is C19H25N3O5. The SMILES string of the molecule is COc1ccc(CCCC(=O)NC(C)C(=O)Nc2cc(C)on2)cc1OC. The van der Waals surface area contributed by atoms with Crippen LogP contribution in [0.5, 0.6) is 11.5 Å². The number of carbonyl (C=O) groups excluding carboxylic acids is 2. The number of rotatable bonds is 9. The molecule has 1 unspecified atom stereocenters. The molecule has 27 heavy (non-hydrogen) atoms. The highest BCUT2D eigenvalue weighted by Crippen LogP contribution is 2.28. The first-order chi connectivity index (χ1) is 12.9. The highest BCUT2D eigenvalue weighted by molar-refractivity contribution is 5.96. The Hall–Kier alpha value is -3.03. The maximum Gasteiger partial charge on any atom is 0.247 e. The molecule has 0 aliphatic rings. The fourth-order valence-corrected chi connectivity index (χ4v) is 2.53. The largest absolute Gasteiger partial charge is 0.493 e. The van der Waals surface area contributed by atoms with Gasteiger partial charge >= 0.3 is 0 Å². The van der Waals surface area contributed by atoms with Crippen LogP contribution in [0.1, 0.15) is 31.1 Å². The van der Waals surface area contributed by atoms with Gasteiger partial charge in [-0.1, -0.05) is 11.2 Å². The van der Waals surface area contributed by atoms with Gasteiger partial charge in [-0.15, -0.1) is 0 Å². The van der Waals surface area contributed by atoms with E-state index in [1.165, 1.54) is 0 Å². The number of methoxy groups -OCH3 is 2. The molecule has 2 amide bonds. The number of ether oxygens (including phenoxy) is 2. The quantitative estimate of drug-likeness (QED) is 0.698. The summed E-state index contributed by atoms with van der Waals surface area (Å²) in [6, 6.07) is 6.61. The molecule has 2 N–H and O–H groups in total. The fraction of sp³-hybridized carbons (Fsp3) is 0.421. The third-order valence-corrected chi connectivity index (χ3v) is 3.97. The van der Waals surface area contributed by atoms with Gasteiger partial charge in [-0.05, 0) is 44.4 Å². The molecule has 1 aromatic carbocycles. The first-order valence-corrected chi connectivity index (χ1v) is 8.67. The van der Waals surface area contributed by atoms with E-state index in [0.717, 1.165) is 5.56 Å². The zero-order chi connectivity index (χ0) is 19.8. The van der Waals surface area contributed by atoms with Crippen LogP contribution in [0.4, 0.5) is 5.82 Å². The molecule has 1 aromatic heterocycles. The summed E-state index contributed by atoms with van der Waals surface area (Å²) in [5.74, 6) is 1.71. The zero-order valence-electron chi connectivity index (χ0n) is 16.0. The van der Waals surface area contributed by atoms with Crippen LogP contribution in [0, 0.1) is 6.92 Å². The minimum atomic E-state index is -0.671. The maximum absolute atomic E-state index is 12.1. The highest BCUT2D eigenvalue weighted by atomic mass is 16.5. The van der Waals surface area contributed by atoms with Crippen LogP contribution in [0.15, 0.2) is 28.8 Å². The smallest absolute Gasteiger partial charge is 0.247 e. The van der Waals surface area contributed by atoms with Crippen molar-refractivity contribution in [3.8, 4) is 11.5 Å². The molecule has 0 saturated carbocycles. The van der Waals surface area contributed by atoms with E-state index < -0.39 is 6.04 Å². The summed E-state index contributed by atoms with van der Waals surface area (Å²) in [5, 5.41) is 8.96. The molecule has 8 nitrogen and oxygen atoms in total. The molecule has 0 saturated heterocycles. The van der Waals surface area contributed by atoms with Gasteiger partial charge in [0.25, 0.3) is 0 Å². The topological polar surface area (TPSA) is 103 Å². The molecule has 1 heterocycles. The summed E-state index contributed by atoms with van der Waals surface area (Å²) in [4.78, 5) is 24.1. The number of benzene rings is 1. The average molecular weight is 375 g/mol. The van der Waals surface area contributed by atoms with Crippen molar-refractivity contribution in [3.63, 3.8) is 0 Å². The molecule has 0 aliphatic heterocycles. The van der Waals surface area contributed by atoms with Gasteiger partial charge in [-0.3, -0.25) is 9.59 Å². The lowest BCUT2D eigenvalue weighted by Crippen LogP contribution is -2.41. The number of hydrogen-bond donors (Lipinski definition) is 2. The summed E-state index contributed by atoms with van der Waals surface area (Å²) in [7, 11) is 3.17. The number of anilines is 1. The molecule has 0 aliphatic carbocycles. The van der Waals surface area contributed by atoms with Crippen molar-refractivity contribution in [2.75, 3.05) is 19.5 Å². The van der Waals surface area contributed by atoms with Crippen LogP contribution in [-0.4, -0.2) is 37.2 Å². The summed E-state index contributed by atoms with van der Waals surface area (Å²) in [6.45, 7) is 3.35. The summed E-state index contributed by atoms with van der Waals surface area (Å²) in [6.07, 6.45) is 1.68. The molecule has 0 spiro atoms. The monoisotopic (exact) mass is 375 g/mol. The van der Waals surface area contributed by atoms with E-state index >= 15 is 0 Å². The van der Waals surface area contributed by atoms with Gasteiger partial charge in [0.2, 0.25) is 11.8 Å². The molecule has 0 radical (unpaired) electrons. The Kier molecular flexibility index (Phi) is 7.22. The van der Waals surface area contributed by atoms with Crippen LogP contribution in [0.2, 0.25) is 0 Å². The van der Waals surface area contributed by atoms with E-state index in [-0.39, 0.29) is 11.8 Å². The Morgan fingerprint density at radius 1 is 1.19 bits per heavy atom. The average Bonchev–Trinajstić information content (AvgIpc) is 3.06. The maximum atomic E-state index is 12.1. The summed E-state index contributed by atoms with van der Waals surface area (Å²) < 4.78 is 15.4. The molecule has 0 bridgehead atoms. The molecule has 146 valence electrons. The van der Waals surface area contributed by atoms with Gasteiger partial charge < -0.3 is 24.6 Å². The predicted octanol–water partition coefficient (Wildman–Crippen LogP) is 2.47. The van der Waals surface area contributed by atoms with Crippen molar-refractivity contribution in [2.45, 2.75) is 39.2 Å². The number of aromatic nitrogens is 1. The first-order valence-electron chi connectivity index (χ1n) is 8.67. The Morgan fingerprint density at radius 2 is 1.93 bits per heavy atom.